The fourth-order valence-corrected chi connectivity index (χ4v) is 3.94. The van der Waals surface area contributed by atoms with Crippen LogP contribution in [0.4, 0.5) is 0 Å². The molecule has 2 fully saturated rings. The number of carbonyl (C=O) groups is 2. The Hall–Kier alpha value is -2.21. The molecule has 4 heterocycles. The fourth-order valence-electron chi connectivity index (χ4n) is 3.94. The first kappa shape index (κ1) is 13.5. The monoisotopic (exact) mass is 300 g/mol. The predicted molar refractivity (Wildman–Crippen MR) is 75.7 cm³/mol. The van der Waals surface area contributed by atoms with E-state index in [1.165, 1.54) is 0 Å². The number of fused-ring (bicyclic) bond motifs is 1. The van der Waals surface area contributed by atoms with Crippen LogP contribution in [0.25, 0.3) is 0 Å². The lowest BCUT2D eigenvalue weighted by Gasteiger charge is -2.27. The Kier molecular flexibility index (Phi) is 2.69. The molecule has 3 aliphatic rings. The molecule has 0 radical (unpaired) electrons. The van der Waals surface area contributed by atoms with Crippen molar-refractivity contribution in [1.82, 2.24) is 9.88 Å². The highest BCUT2D eigenvalue weighted by Gasteiger charge is 2.67. The number of ether oxygens (including phenoxy) is 1. The van der Waals surface area contributed by atoms with E-state index in [9.17, 15) is 14.7 Å². The van der Waals surface area contributed by atoms with Gasteiger partial charge in [0.1, 0.15) is 11.5 Å². The normalized spacial score (nSPS) is 36.7. The second-order valence-electron chi connectivity index (χ2n) is 6.17. The summed E-state index contributed by atoms with van der Waals surface area (Å²) in [5.41, 5.74) is 0.152. The molecule has 2 saturated heterocycles. The summed E-state index contributed by atoms with van der Waals surface area (Å²) in [7, 11) is 0. The van der Waals surface area contributed by atoms with Crippen molar-refractivity contribution >= 4 is 11.9 Å². The second kappa shape index (κ2) is 4.39. The predicted octanol–water partition coefficient (Wildman–Crippen LogP) is 1.01. The zero-order chi connectivity index (χ0) is 15.5. The van der Waals surface area contributed by atoms with E-state index in [0.717, 1.165) is 5.56 Å². The first-order chi connectivity index (χ1) is 10.5. The lowest BCUT2D eigenvalue weighted by Crippen LogP contribution is -2.39. The maximum Gasteiger partial charge on any atom is 0.310 e. The van der Waals surface area contributed by atoms with Crippen LogP contribution >= 0.6 is 0 Å². The Morgan fingerprint density at radius 3 is 3.09 bits per heavy atom. The summed E-state index contributed by atoms with van der Waals surface area (Å²) in [6.07, 6.45) is 6.58. The van der Waals surface area contributed by atoms with Crippen LogP contribution < -0.4 is 0 Å². The number of hydrogen-bond donors (Lipinski definition) is 1. The maximum absolute atomic E-state index is 12.8. The lowest BCUT2D eigenvalue weighted by molar-refractivity contribution is -0.148. The quantitative estimate of drug-likeness (QED) is 0.843. The van der Waals surface area contributed by atoms with Gasteiger partial charge < -0.3 is 14.7 Å². The van der Waals surface area contributed by atoms with E-state index in [0.29, 0.717) is 6.54 Å². The standard InChI is InChI=1S/C16H16N2O4/c1-9(10-3-2-6-17-7-10)18-8-16-5-4-11(22-16)12(15(20)21)13(16)14(18)19/h2-7,9,11-13H,8H2,1H3,(H,20,21)/t9-,11+,12-,13+,16+/m0/s1. The van der Waals surface area contributed by atoms with E-state index < -0.39 is 29.5 Å². The summed E-state index contributed by atoms with van der Waals surface area (Å²) in [6, 6.07) is 3.58. The Labute approximate surface area is 127 Å². The average Bonchev–Trinajstić information content (AvgIpc) is 3.15. The molecule has 3 aliphatic heterocycles. The molecule has 0 aromatic carbocycles. The van der Waals surface area contributed by atoms with Crippen LogP contribution in [0.15, 0.2) is 36.7 Å². The molecule has 0 aliphatic carbocycles. The number of amides is 1. The van der Waals surface area contributed by atoms with Crippen LogP contribution in [0.5, 0.6) is 0 Å². The largest absolute Gasteiger partial charge is 0.481 e. The molecule has 0 saturated carbocycles. The van der Waals surface area contributed by atoms with Gasteiger partial charge in [-0.25, -0.2) is 0 Å². The summed E-state index contributed by atoms with van der Waals surface area (Å²) in [5, 5.41) is 9.44. The Balaban J connectivity index is 1.68. The molecular formula is C16H16N2O4. The van der Waals surface area contributed by atoms with Crippen molar-refractivity contribution in [3.63, 3.8) is 0 Å². The van der Waals surface area contributed by atoms with Gasteiger partial charge in [0.2, 0.25) is 5.91 Å². The van der Waals surface area contributed by atoms with Gasteiger partial charge in [-0.05, 0) is 18.6 Å². The number of carboxylic acid groups (broad SMARTS) is 1. The van der Waals surface area contributed by atoms with Crippen LogP contribution in [0.1, 0.15) is 18.5 Å². The van der Waals surface area contributed by atoms with E-state index in [-0.39, 0.29) is 11.9 Å². The molecule has 1 amide bonds. The van der Waals surface area contributed by atoms with Crippen LogP contribution in [0, 0.1) is 11.8 Å². The Morgan fingerprint density at radius 1 is 1.59 bits per heavy atom. The lowest BCUT2D eigenvalue weighted by atomic mass is 9.77. The fraction of sp³-hybridized carbons (Fsp3) is 0.438. The van der Waals surface area contributed by atoms with Gasteiger partial charge in [0.15, 0.2) is 0 Å². The van der Waals surface area contributed by atoms with E-state index >= 15 is 0 Å². The molecule has 1 aromatic heterocycles. The molecule has 0 unspecified atom stereocenters. The number of carbonyl (C=O) groups excluding carboxylic acids is 1. The molecule has 22 heavy (non-hydrogen) atoms. The topological polar surface area (TPSA) is 79.7 Å². The van der Waals surface area contributed by atoms with Gasteiger partial charge >= 0.3 is 5.97 Å². The van der Waals surface area contributed by atoms with Crippen LogP contribution in [-0.2, 0) is 14.3 Å². The molecule has 1 N–H and O–H groups in total. The average molecular weight is 300 g/mol. The minimum Gasteiger partial charge on any atom is -0.481 e. The number of nitrogens with zero attached hydrogens (tertiary/aromatic N) is 2. The smallest absolute Gasteiger partial charge is 0.310 e. The number of pyridine rings is 1. The molecule has 6 heteroatoms. The molecule has 1 spiro atoms. The first-order valence-corrected chi connectivity index (χ1v) is 7.34. The second-order valence-corrected chi connectivity index (χ2v) is 6.17. The molecule has 114 valence electrons. The number of likely N-dealkylation sites (tertiary alicyclic amines) is 1. The third kappa shape index (κ3) is 1.61. The van der Waals surface area contributed by atoms with Gasteiger partial charge in [-0.1, -0.05) is 18.2 Å². The summed E-state index contributed by atoms with van der Waals surface area (Å²) in [4.78, 5) is 30.2. The first-order valence-electron chi connectivity index (χ1n) is 7.34. The van der Waals surface area contributed by atoms with Crippen molar-refractivity contribution in [2.24, 2.45) is 11.8 Å². The van der Waals surface area contributed by atoms with Gasteiger partial charge in [0.25, 0.3) is 0 Å². The van der Waals surface area contributed by atoms with Crippen molar-refractivity contribution < 1.29 is 19.4 Å². The van der Waals surface area contributed by atoms with E-state index in [1.807, 2.05) is 25.1 Å². The van der Waals surface area contributed by atoms with Crippen molar-refractivity contribution in [3.8, 4) is 0 Å². The molecule has 4 rings (SSSR count). The Morgan fingerprint density at radius 2 is 2.41 bits per heavy atom. The number of hydrogen-bond acceptors (Lipinski definition) is 4. The van der Waals surface area contributed by atoms with Crippen molar-refractivity contribution in [2.75, 3.05) is 6.54 Å². The molecular weight excluding hydrogens is 284 g/mol. The third-order valence-corrected chi connectivity index (χ3v) is 5.05. The molecule has 1 aromatic rings. The number of rotatable bonds is 3. The van der Waals surface area contributed by atoms with Crippen molar-refractivity contribution in [1.29, 1.82) is 0 Å². The van der Waals surface area contributed by atoms with Gasteiger partial charge in [-0.3, -0.25) is 14.6 Å². The van der Waals surface area contributed by atoms with E-state index in [2.05, 4.69) is 4.98 Å². The van der Waals surface area contributed by atoms with Gasteiger partial charge in [-0.15, -0.1) is 0 Å². The van der Waals surface area contributed by atoms with Gasteiger partial charge in [-0.2, -0.15) is 0 Å². The Bertz CT molecular complexity index is 674. The highest BCUT2D eigenvalue weighted by molar-refractivity contribution is 5.91. The summed E-state index contributed by atoms with van der Waals surface area (Å²) < 4.78 is 5.87. The van der Waals surface area contributed by atoms with E-state index in [4.69, 9.17) is 4.74 Å². The highest BCUT2D eigenvalue weighted by atomic mass is 16.5. The SMILES string of the molecule is C[C@@H](c1cccnc1)N1C[C@@]23C=C[C@@H](O2)[C@H](C(=O)O)[C@@H]3C1=O. The molecule has 6 nitrogen and oxygen atoms in total. The minimum atomic E-state index is -0.967. The van der Waals surface area contributed by atoms with Crippen LogP contribution in [0.2, 0.25) is 0 Å². The van der Waals surface area contributed by atoms with Crippen LogP contribution in [0.3, 0.4) is 0 Å². The van der Waals surface area contributed by atoms with Gasteiger partial charge in [0, 0.05) is 12.4 Å². The number of carboxylic acids is 1. The molecule has 5 atom stereocenters. The van der Waals surface area contributed by atoms with Crippen LogP contribution in [-0.4, -0.2) is 45.1 Å². The summed E-state index contributed by atoms with van der Waals surface area (Å²) in [6.45, 7) is 2.32. The van der Waals surface area contributed by atoms with Crippen molar-refractivity contribution in [2.45, 2.75) is 24.7 Å². The highest BCUT2D eigenvalue weighted by Crippen LogP contribution is 2.53. The zero-order valence-electron chi connectivity index (χ0n) is 12.0. The van der Waals surface area contributed by atoms with Crippen molar-refractivity contribution in [3.05, 3.63) is 42.2 Å². The van der Waals surface area contributed by atoms with Gasteiger partial charge in [0.05, 0.1) is 24.6 Å². The number of aliphatic carboxylic acids is 1. The molecule has 2 bridgehead atoms. The summed E-state index contributed by atoms with van der Waals surface area (Å²) in [5.74, 6) is -2.52. The zero-order valence-corrected chi connectivity index (χ0v) is 12.0. The maximum atomic E-state index is 12.8. The summed E-state index contributed by atoms with van der Waals surface area (Å²) >= 11 is 0. The minimum absolute atomic E-state index is 0.143. The number of aromatic nitrogens is 1. The van der Waals surface area contributed by atoms with E-state index in [1.54, 1.807) is 23.4 Å². The third-order valence-electron chi connectivity index (χ3n) is 5.05.